The van der Waals surface area contributed by atoms with Crippen molar-refractivity contribution in [3.8, 4) is 5.75 Å². The van der Waals surface area contributed by atoms with Gasteiger partial charge in [-0.1, -0.05) is 0 Å². The van der Waals surface area contributed by atoms with Crippen LogP contribution in [0.2, 0.25) is 0 Å². The van der Waals surface area contributed by atoms with E-state index in [1.165, 1.54) is 0 Å². The molecule has 0 bridgehead atoms. The summed E-state index contributed by atoms with van der Waals surface area (Å²) in [5.74, 6) is 1.41. The van der Waals surface area contributed by atoms with Gasteiger partial charge in [-0.25, -0.2) is 15.0 Å². The van der Waals surface area contributed by atoms with E-state index in [1.54, 1.807) is 18.6 Å². The summed E-state index contributed by atoms with van der Waals surface area (Å²) >= 11 is 0. The molecule has 3 heterocycles. The molecule has 2 aromatic heterocycles. The normalized spacial score (nSPS) is 21.5. The van der Waals surface area contributed by atoms with Crippen LogP contribution in [-0.4, -0.2) is 63.5 Å². The van der Waals surface area contributed by atoms with Gasteiger partial charge >= 0.3 is 0 Å². The smallest absolute Gasteiger partial charge is 0.222 e. The van der Waals surface area contributed by atoms with Crippen LogP contribution < -0.4 is 15.0 Å². The monoisotopic (exact) mass is 436 g/mol. The lowest BCUT2D eigenvalue weighted by Crippen LogP contribution is -2.36. The Morgan fingerprint density at radius 1 is 1.06 bits per heavy atom. The van der Waals surface area contributed by atoms with Crippen molar-refractivity contribution >= 4 is 22.7 Å². The summed E-state index contributed by atoms with van der Waals surface area (Å²) < 4.78 is 12.0. The van der Waals surface area contributed by atoms with E-state index >= 15 is 0 Å². The Morgan fingerprint density at radius 3 is 2.59 bits per heavy atom. The summed E-state index contributed by atoms with van der Waals surface area (Å²) in [6.45, 7) is 2.96. The fourth-order valence-corrected chi connectivity index (χ4v) is 4.34. The maximum Gasteiger partial charge on any atom is 0.222 e. The van der Waals surface area contributed by atoms with Crippen molar-refractivity contribution in [1.29, 1.82) is 0 Å². The number of morpholine rings is 1. The average Bonchev–Trinajstić information content (AvgIpc) is 2.86. The first-order valence-corrected chi connectivity index (χ1v) is 11.2. The molecule has 0 amide bonds. The van der Waals surface area contributed by atoms with Crippen LogP contribution in [0.1, 0.15) is 31.4 Å². The van der Waals surface area contributed by atoms with Crippen LogP contribution in [-0.2, 0) is 11.3 Å². The average molecular weight is 437 g/mol. The third-order valence-electron chi connectivity index (χ3n) is 6.05. The van der Waals surface area contributed by atoms with Gasteiger partial charge in [-0.3, -0.25) is 4.98 Å². The minimum absolute atomic E-state index is 0.104. The van der Waals surface area contributed by atoms with Crippen molar-refractivity contribution in [2.45, 2.75) is 44.4 Å². The molecule has 0 radical (unpaired) electrons. The Morgan fingerprint density at radius 2 is 1.84 bits per heavy atom. The molecule has 1 saturated heterocycles. The Kier molecular flexibility index (Phi) is 6.27. The van der Waals surface area contributed by atoms with E-state index in [0.29, 0.717) is 36.4 Å². The lowest BCUT2D eigenvalue weighted by Gasteiger charge is -2.31. The fraction of sp³-hybridized carbons (Fsp3) is 0.478. The number of anilines is 2. The second-order valence-electron chi connectivity index (χ2n) is 8.24. The molecule has 3 aromatic rings. The van der Waals surface area contributed by atoms with Gasteiger partial charge in [0.2, 0.25) is 5.95 Å². The zero-order valence-electron chi connectivity index (χ0n) is 18.0. The number of hydrogen-bond donors (Lipinski definition) is 2. The molecule has 1 saturated carbocycles. The predicted octanol–water partition coefficient (Wildman–Crippen LogP) is 2.55. The maximum atomic E-state index is 9.54. The number of aromatic nitrogens is 4. The van der Waals surface area contributed by atoms with E-state index in [2.05, 4.69) is 36.2 Å². The predicted molar refractivity (Wildman–Crippen MR) is 121 cm³/mol. The van der Waals surface area contributed by atoms with E-state index in [9.17, 15) is 5.11 Å². The van der Waals surface area contributed by atoms with Crippen LogP contribution >= 0.6 is 0 Å². The minimum Gasteiger partial charge on any atom is -0.488 e. The molecular weight excluding hydrogens is 408 g/mol. The molecule has 0 atom stereocenters. The molecular formula is C23H28N6O3. The van der Waals surface area contributed by atoms with E-state index in [-0.39, 0.29) is 12.7 Å². The lowest BCUT2D eigenvalue weighted by molar-refractivity contribution is 0.122. The SMILES string of the molecule is OCc1cnc2cc(N3CCOCC3)cc(OC3CCC(Nc4ncccn4)CC3)c2n1. The molecule has 168 valence electrons. The van der Waals surface area contributed by atoms with Crippen molar-refractivity contribution in [3.63, 3.8) is 0 Å². The number of benzene rings is 1. The number of ether oxygens (including phenoxy) is 2. The Bertz CT molecular complexity index is 1040. The summed E-state index contributed by atoms with van der Waals surface area (Å²) in [6.07, 6.45) is 9.05. The highest BCUT2D eigenvalue weighted by Crippen LogP contribution is 2.33. The Balaban J connectivity index is 1.33. The third kappa shape index (κ3) is 4.73. The molecule has 0 unspecified atom stereocenters. The molecule has 9 heteroatoms. The molecule has 1 aliphatic heterocycles. The highest BCUT2D eigenvalue weighted by Gasteiger charge is 2.24. The molecule has 2 aliphatic rings. The van der Waals surface area contributed by atoms with Crippen molar-refractivity contribution in [2.75, 3.05) is 36.5 Å². The van der Waals surface area contributed by atoms with Gasteiger partial charge in [0.05, 0.1) is 43.3 Å². The van der Waals surface area contributed by atoms with Gasteiger partial charge in [0.15, 0.2) is 0 Å². The van der Waals surface area contributed by atoms with Crippen LogP contribution in [0.3, 0.4) is 0 Å². The largest absolute Gasteiger partial charge is 0.488 e. The fourth-order valence-electron chi connectivity index (χ4n) is 4.34. The third-order valence-corrected chi connectivity index (χ3v) is 6.05. The van der Waals surface area contributed by atoms with Gasteiger partial charge in [-0.05, 0) is 37.8 Å². The molecule has 1 aromatic carbocycles. The zero-order chi connectivity index (χ0) is 21.8. The number of nitrogens with zero attached hydrogens (tertiary/aromatic N) is 5. The van der Waals surface area contributed by atoms with Crippen LogP contribution in [0.25, 0.3) is 11.0 Å². The summed E-state index contributed by atoms with van der Waals surface area (Å²) in [4.78, 5) is 20.0. The van der Waals surface area contributed by atoms with Crippen LogP contribution in [0.5, 0.6) is 5.75 Å². The Hall–Kier alpha value is -3.04. The summed E-state index contributed by atoms with van der Waals surface area (Å²) in [5, 5.41) is 13.0. The molecule has 32 heavy (non-hydrogen) atoms. The lowest BCUT2D eigenvalue weighted by atomic mass is 9.93. The Labute approximate surface area is 186 Å². The van der Waals surface area contributed by atoms with E-state index < -0.39 is 0 Å². The summed E-state index contributed by atoms with van der Waals surface area (Å²) in [7, 11) is 0. The number of rotatable bonds is 6. The van der Waals surface area contributed by atoms with Gasteiger partial charge in [0.25, 0.3) is 0 Å². The highest BCUT2D eigenvalue weighted by molar-refractivity contribution is 5.85. The number of aliphatic hydroxyl groups excluding tert-OH is 1. The van der Waals surface area contributed by atoms with Gasteiger partial charge in [0.1, 0.15) is 11.3 Å². The summed E-state index contributed by atoms with van der Waals surface area (Å²) in [5.41, 5.74) is 3.08. The maximum absolute atomic E-state index is 9.54. The first-order chi connectivity index (χ1) is 15.8. The molecule has 2 N–H and O–H groups in total. The topological polar surface area (TPSA) is 106 Å². The molecule has 5 rings (SSSR count). The van der Waals surface area contributed by atoms with E-state index in [1.807, 2.05) is 12.1 Å². The van der Waals surface area contributed by atoms with Gasteiger partial charge < -0.3 is 24.8 Å². The first kappa shape index (κ1) is 20.8. The minimum atomic E-state index is -0.147. The number of aliphatic hydroxyl groups is 1. The van der Waals surface area contributed by atoms with Gasteiger partial charge in [-0.2, -0.15) is 0 Å². The van der Waals surface area contributed by atoms with Gasteiger partial charge in [0, 0.05) is 43.3 Å². The second-order valence-corrected chi connectivity index (χ2v) is 8.24. The summed E-state index contributed by atoms with van der Waals surface area (Å²) in [6, 6.07) is 6.26. The van der Waals surface area contributed by atoms with Crippen molar-refractivity contribution < 1.29 is 14.6 Å². The van der Waals surface area contributed by atoms with Crippen molar-refractivity contribution in [3.05, 3.63) is 42.5 Å². The molecule has 0 spiro atoms. The molecule has 2 fully saturated rings. The highest BCUT2D eigenvalue weighted by atomic mass is 16.5. The van der Waals surface area contributed by atoms with Crippen molar-refractivity contribution in [1.82, 2.24) is 19.9 Å². The second kappa shape index (κ2) is 9.62. The standard InChI is InChI=1S/C23H28N6O3/c30-15-17-14-26-20-12-18(29-8-10-31-11-9-29)13-21(22(20)27-17)32-19-4-2-16(3-5-19)28-23-24-6-1-7-25-23/h1,6-7,12-14,16,19,30H,2-5,8-11,15H2,(H,24,25,28). The number of fused-ring (bicyclic) bond motifs is 1. The van der Waals surface area contributed by atoms with E-state index in [4.69, 9.17) is 9.47 Å². The van der Waals surface area contributed by atoms with Crippen LogP contribution in [0.4, 0.5) is 11.6 Å². The number of hydrogen-bond acceptors (Lipinski definition) is 9. The quantitative estimate of drug-likeness (QED) is 0.603. The van der Waals surface area contributed by atoms with Gasteiger partial charge in [-0.15, -0.1) is 0 Å². The number of nitrogens with one attached hydrogen (secondary N) is 1. The molecule has 9 nitrogen and oxygen atoms in total. The van der Waals surface area contributed by atoms with Crippen LogP contribution in [0, 0.1) is 0 Å². The van der Waals surface area contributed by atoms with Crippen molar-refractivity contribution in [2.24, 2.45) is 0 Å². The zero-order valence-corrected chi connectivity index (χ0v) is 18.0. The van der Waals surface area contributed by atoms with Crippen LogP contribution in [0.15, 0.2) is 36.8 Å². The first-order valence-electron chi connectivity index (χ1n) is 11.2. The molecule has 1 aliphatic carbocycles. The van der Waals surface area contributed by atoms with E-state index in [0.717, 1.165) is 55.7 Å².